The molecule has 138 valence electrons. The van der Waals surface area contributed by atoms with Gasteiger partial charge in [-0.15, -0.1) is 0 Å². The molecule has 0 radical (unpaired) electrons. The fourth-order valence-electron chi connectivity index (χ4n) is 2.34. The summed E-state index contributed by atoms with van der Waals surface area (Å²) in [6.07, 6.45) is 19.9. The molecule has 0 saturated heterocycles. The Kier molecular flexibility index (Phi) is 22.5. The fourth-order valence-corrected chi connectivity index (χ4v) is 2.34. The maximum absolute atomic E-state index is 9.82. The SMILES string of the molecule is C=C(C)C(N)=O.CCCCCCCCCCCCCCCCN. The second kappa shape index (κ2) is 21.2. The third-order valence-corrected chi connectivity index (χ3v) is 3.98. The van der Waals surface area contributed by atoms with Crippen molar-refractivity contribution in [2.45, 2.75) is 104 Å². The molecule has 0 unspecified atom stereocenters. The summed E-state index contributed by atoms with van der Waals surface area (Å²) in [7, 11) is 0. The highest BCUT2D eigenvalue weighted by atomic mass is 16.1. The molecule has 0 spiro atoms. The standard InChI is InChI=1S/C16H35N.C4H7NO/c1-2-3-4-5-6-7-8-9-10-11-12-13-14-15-16-17;1-3(2)4(5)6/h2-17H2,1H3;1H2,2H3,(H2,5,6). The average molecular weight is 327 g/mol. The predicted molar refractivity (Wildman–Crippen MR) is 103 cm³/mol. The zero-order valence-corrected chi connectivity index (χ0v) is 15.9. The van der Waals surface area contributed by atoms with Gasteiger partial charge in [0, 0.05) is 5.57 Å². The van der Waals surface area contributed by atoms with Crippen LogP contribution in [0.2, 0.25) is 0 Å². The van der Waals surface area contributed by atoms with E-state index in [1.165, 1.54) is 89.9 Å². The van der Waals surface area contributed by atoms with Gasteiger partial charge in [-0.05, 0) is 19.9 Å². The normalized spacial score (nSPS) is 10.0. The van der Waals surface area contributed by atoms with Crippen molar-refractivity contribution in [3.63, 3.8) is 0 Å². The number of hydrogen-bond acceptors (Lipinski definition) is 2. The molecule has 0 aromatic carbocycles. The summed E-state index contributed by atoms with van der Waals surface area (Å²) in [5, 5.41) is 0. The molecule has 3 heteroatoms. The van der Waals surface area contributed by atoms with Crippen molar-refractivity contribution < 1.29 is 4.79 Å². The Hall–Kier alpha value is -0.830. The van der Waals surface area contributed by atoms with Crippen LogP contribution in [0.15, 0.2) is 12.2 Å². The Morgan fingerprint density at radius 2 is 1.00 bits per heavy atom. The van der Waals surface area contributed by atoms with E-state index in [1.54, 1.807) is 6.92 Å². The van der Waals surface area contributed by atoms with Crippen molar-refractivity contribution in [1.82, 2.24) is 0 Å². The molecule has 3 nitrogen and oxygen atoms in total. The minimum Gasteiger partial charge on any atom is -0.366 e. The van der Waals surface area contributed by atoms with Crippen LogP contribution in [-0.4, -0.2) is 12.5 Å². The van der Waals surface area contributed by atoms with E-state index in [9.17, 15) is 4.79 Å². The molecule has 0 aliphatic heterocycles. The van der Waals surface area contributed by atoms with E-state index >= 15 is 0 Å². The number of rotatable bonds is 15. The van der Waals surface area contributed by atoms with Gasteiger partial charge in [-0.1, -0.05) is 97.0 Å². The van der Waals surface area contributed by atoms with E-state index in [1.807, 2.05) is 0 Å². The Morgan fingerprint density at radius 1 is 0.739 bits per heavy atom. The molecule has 1 amide bonds. The molecule has 0 aliphatic rings. The van der Waals surface area contributed by atoms with Crippen LogP contribution in [0.1, 0.15) is 104 Å². The van der Waals surface area contributed by atoms with Gasteiger partial charge < -0.3 is 11.5 Å². The molecular weight excluding hydrogens is 284 g/mol. The van der Waals surface area contributed by atoms with Crippen LogP contribution >= 0.6 is 0 Å². The first-order chi connectivity index (χ1) is 11.1. The van der Waals surface area contributed by atoms with Crippen LogP contribution in [0, 0.1) is 0 Å². The Balaban J connectivity index is 0. The summed E-state index contributed by atoms with van der Waals surface area (Å²) < 4.78 is 0. The highest BCUT2D eigenvalue weighted by Gasteiger charge is 1.93. The van der Waals surface area contributed by atoms with Gasteiger partial charge in [-0.2, -0.15) is 0 Å². The third-order valence-electron chi connectivity index (χ3n) is 3.98. The number of hydrogen-bond donors (Lipinski definition) is 2. The van der Waals surface area contributed by atoms with Crippen molar-refractivity contribution >= 4 is 5.91 Å². The largest absolute Gasteiger partial charge is 0.366 e. The van der Waals surface area contributed by atoms with Crippen molar-refractivity contribution in [2.24, 2.45) is 11.5 Å². The number of amides is 1. The van der Waals surface area contributed by atoms with Crippen molar-refractivity contribution in [1.29, 1.82) is 0 Å². The van der Waals surface area contributed by atoms with Crippen molar-refractivity contribution in [2.75, 3.05) is 6.54 Å². The van der Waals surface area contributed by atoms with Gasteiger partial charge >= 0.3 is 0 Å². The van der Waals surface area contributed by atoms with E-state index in [-0.39, 0.29) is 0 Å². The average Bonchev–Trinajstić information content (AvgIpc) is 2.52. The van der Waals surface area contributed by atoms with Gasteiger partial charge in [0.15, 0.2) is 0 Å². The summed E-state index contributed by atoms with van der Waals surface area (Å²) in [6, 6.07) is 0. The van der Waals surface area contributed by atoms with Crippen LogP contribution in [0.25, 0.3) is 0 Å². The third kappa shape index (κ3) is 26.4. The lowest BCUT2D eigenvalue weighted by molar-refractivity contribution is -0.114. The van der Waals surface area contributed by atoms with Gasteiger partial charge in [0.05, 0.1) is 0 Å². The fraction of sp³-hybridized carbons (Fsp3) is 0.850. The lowest BCUT2D eigenvalue weighted by Crippen LogP contribution is -2.10. The smallest absolute Gasteiger partial charge is 0.243 e. The van der Waals surface area contributed by atoms with Crippen LogP contribution < -0.4 is 11.5 Å². The molecule has 0 aliphatic carbocycles. The molecule has 0 saturated carbocycles. The summed E-state index contributed by atoms with van der Waals surface area (Å²) >= 11 is 0. The quantitative estimate of drug-likeness (QED) is 0.309. The first-order valence-corrected chi connectivity index (χ1v) is 9.71. The van der Waals surface area contributed by atoms with E-state index in [2.05, 4.69) is 13.5 Å². The lowest BCUT2D eigenvalue weighted by Gasteiger charge is -2.02. The molecule has 23 heavy (non-hydrogen) atoms. The maximum atomic E-state index is 9.82. The highest BCUT2D eigenvalue weighted by Crippen LogP contribution is 2.12. The number of carbonyl (C=O) groups excluding carboxylic acids is 1. The number of nitrogens with two attached hydrogens (primary N) is 2. The minimum atomic E-state index is -0.435. The molecule has 0 rings (SSSR count). The van der Waals surface area contributed by atoms with Crippen molar-refractivity contribution in [3.8, 4) is 0 Å². The van der Waals surface area contributed by atoms with E-state index < -0.39 is 5.91 Å². The summed E-state index contributed by atoms with van der Waals surface area (Å²) in [4.78, 5) is 9.82. The second-order valence-corrected chi connectivity index (χ2v) is 6.53. The molecular formula is C20H42N2O. The van der Waals surface area contributed by atoms with Gasteiger partial charge in [0.1, 0.15) is 0 Å². The van der Waals surface area contributed by atoms with Gasteiger partial charge in [-0.25, -0.2) is 0 Å². The number of unbranched alkanes of at least 4 members (excludes halogenated alkanes) is 13. The molecule has 0 atom stereocenters. The monoisotopic (exact) mass is 326 g/mol. The number of primary amides is 1. The van der Waals surface area contributed by atoms with Crippen LogP contribution in [0.5, 0.6) is 0 Å². The predicted octanol–water partition coefficient (Wildman–Crippen LogP) is 5.47. The zero-order valence-electron chi connectivity index (χ0n) is 15.9. The maximum Gasteiger partial charge on any atom is 0.243 e. The van der Waals surface area contributed by atoms with Crippen molar-refractivity contribution in [3.05, 3.63) is 12.2 Å². The molecule has 0 fully saturated rings. The Bertz CT molecular complexity index is 238. The van der Waals surface area contributed by atoms with E-state index in [0.29, 0.717) is 5.57 Å². The van der Waals surface area contributed by atoms with Crippen LogP contribution in [0.3, 0.4) is 0 Å². The zero-order chi connectivity index (χ0) is 17.8. The van der Waals surface area contributed by atoms with E-state index in [0.717, 1.165) is 6.54 Å². The summed E-state index contributed by atoms with van der Waals surface area (Å²) in [5.74, 6) is -0.435. The molecule has 0 aromatic heterocycles. The molecule has 0 aromatic rings. The Morgan fingerprint density at radius 3 is 1.22 bits per heavy atom. The van der Waals surface area contributed by atoms with E-state index in [4.69, 9.17) is 11.5 Å². The topological polar surface area (TPSA) is 69.1 Å². The first-order valence-electron chi connectivity index (χ1n) is 9.71. The second-order valence-electron chi connectivity index (χ2n) is 6.53. The highest BCUT2D eigenvalue weighted by molar-refractivity contribution is 5.90. The van der Waals surface area contributed by atoms with Crippen LogP contribution in [0.4, 0.5) is 0 Å². The van der Waals surface area contributed by atoms with Gasteiger partial charge in [0.25, 0.3) is 0 Å². The van der Waals surface area contributed by atoms with Gasteiger partial charge in [0.2, 0.25) is 5.91 Å². The first kappa shape index (κ1) is 24.4. The van der Waals surface area contributed by atoms with Gasteiger partial charge in [-0.3, -0.25) is 4.79 Å². The molecule has 0 bridgehead atoms. The number of carbonyl (C=O) groups is 1. The van der Waals surface area contributed by atoms with Crippen LogP contribution in [-0.2, 0) is 4.79 Å². The Labute approximate surface area is 145 Å². The minimum absolute atomic E-state index is 0.398. The lowest BCUT2D eigenvalue weighted by atomic mass is 10.0. The molecule has 0 heterocycles. The molecule has 4 N–H and O–H groups in total. The summed E-state index contributed by atoms with van der Waals surface area (Å²) in [5.41, 5.74) is 10.6. The summed E-state index contributed by atoms with van der Waals surface area (Å²) in [6.45, 7) is 8.01.